The number of benzene rings is 1. The van der Waals surface area contributed by atoms with E-state index in [0.29, 0.717) is 5.02 Å². The molecule has 0 bridgehead atoms. The van der Waals surface area contributed by atoms with Crippen molar-refractivity contribution in [3.05, 3.63) is 23.2 Å². The number of anilines is 2. The normalized spacial score (nSPS) is 25.2. The number of nitrogens with zero attached hydrogens (tertiary/aromatic N) is 1. The molecule has 1 saturated heterocycles. The van der Waals surface area contributed by atoms with Gasteiger partial charge < -0.3 is 10.2 Å². The number of rotatable bonds is 0. The number of fused-ring (bicyclic) bond motifs is 3. The van der Waals surface area contributed by atoms with E-state index in [1.54, 1.807) is 0 Å². The van der Waals surface area contributed by atoms with Crippen LogP contribution in [0, 0.1) is 5.41 Å². The number of halogens is 1. The molecule has 1 aromatic carbocycles. The number of piperidine rings is 1. The van der Waals surface area contributed by atoms with Gasteiger partial charge in [-0.3, -0.25) is 4.79 Å². The zero-order valence-corrected chi connectivity index (χ0v) is 11.4. The Balaban J connectivity index is 2.09. The van der Waals surface area contributed by atoms with Crippen LogP contribution >= 0.6 is 11.6 Å². The standard InChI is InChI=1S/C14H17ClN2O/c1-14(2)6-3-7-17-11-5-4-9(15)8-10(11)16-13(18)12(14)17/h4-5,8,12H,3,6-7H2,1-2H3,(H,16,18). The zero-order chi connectivity index (χ0) is 12.9. The summed E-state index contributed by atoms with van der Waals surface area (Å²) in [5.74, 6) is 0.0921. The van der Waals surface area contributed by atoms with Gasteiger partial charge in [-0.1, -0.05) is 25.4 Å². The maximum Gasteiger partial charge on any atom is 0.247 e. The van der Waals surface area contributed by atoms with Gasteiger partial charge in [0, 0.05) is 11.6 Å². The van der Waals surface area contributed by atoms with E-state index in [1.165, 1.54) is 0 Å². The molecule has 0 spiro atoms. The van der Waals surface area contributed by atoms with Crippen molar-refractivity contribution < 1.29 is 4.79 Å². The molecular weight excluding hydrogens is 248 g/mol. The third-order valence-electron chi connectivity index (χ3n) is 4.05. The van der Waals surface area contributed by atoms with Crippen LogP contribution in [0.15, 0.2) is 18.2 Å². The van der Waals surface area contributed by atoms with Crippen LogP contribution in [0.2, 0.25) is 5.02 Å². The molecule has 4 heteroatoms. The second-order valence-corrected chi connectivity index (χ2v) is 6.28. The lowest BCUT2D eigenvalue weighted by Gasteiger charge is -2.49. The molecule has 2 aliphatic heterocycles. The molecule has 0 radical (unpaired) electrons. The van der Waals surface area contributed by atoms with Gasteiger partial charge >= 0.3 is 0 Å². The first kappa shape index (κ1) is 11.8. The number of hydrogen-bond donors (Lipinski definition) is 1. The third kappa shape index (κ3) is 1.69. The van der Waals surface area contributed by atoms with Crippen LogP contribution in [-0.2, 0) is 4.79 Å². The largest absolute Gasteiger partial charge is 0.357 e. The molecule has 0 saturated carbocycles. The molecule has 1 fully saturated rings. The van der Waals surface area contributed by atoms with Gasteiger partial charge in [-0.25, -0.2) is 0 Å². The summed E-state index contributed by atoms with van der Waals surface area (Å²) in [6.45, 7) is 5.28. The summed E-state index contributed by atoms with van der Waals surface area (Å²) in [4.78, 5) is 14.6. The van der Waals surface area contributed by atoms with E-state index in [2.05, 4.69) is 24.1 Å². The summed E-state index contributed by atoms with van der Waals surface area (Å²) in [6.07, 6.45) is 2.21. The summed E-state index contributed by atoms with van der Waals surface area (Å²) in [5.41, 5.74) is 1.94. The summed E-state index contributed by atoms with van der Waals surface area (Å²) < 4.78 is 0. The van der Waals surface area contributed by atoms with Crippen LogP contribution in [0.3, 0.4) is 0 Å². The lowest BCUT2D eigenvalue weighted by atomic mass is 9.75. The fourth-order valence-corrected chi connectivity index (χ4v) is 3.38. The minimum atomic E-state index is -0.0695. The first-order valence-corrected chi connectivity index (χ1v) is 6.74. The van der Waals surface area contributed by atoms with Crippen molar-refractivity contribution in [2.45, 2.75) is 32.7 Å². The van der Waals surface area contributed by atoms with Gasteiger partial charge in [0.25, 0.3) is 0 Å². The molecule has 18 heavy (non-hydrogen) atoms. The molecule has 2 aliphatic rings. The average Bonchev–Trinajstić information content (AvgIpc) is 2.27. The Hall–Kier alpha value is -1.22. The van der Waals surface area contributed by atoms with Gasteiger partial charge in [0.1, 0.15) is 6.04 Å². The molecule has 0 aliphatic carbocycles. The van der Waals surface area contributed by atoms with Gasteiger partial charge in [-0.05, 0) is 36.5 Å². The highest BCUT2D eigenvalue weighted by Crippen LogP contribution is 2.43. The Labute approximate surface area is 112 Å². The van der Waals surface area contributed by atoms with Crippen LogP contribution in [0.25, 0.3) is 0 Å². The molecule has 96 valence electrons. The second kappa shape index (κ2) is 3.89. The molecule has 0 aromatic heterocycles. The monoisotopic (exact) mass is 264 g/mol. The topological polar surface area (TPSA) is 32.3 Å². The van der Waals surface area contributed by atoms with Crippen LogP contribution in [0.4, 0.5) is 11.4 Å². The van der Waals surface area contributed by atoms with E-state index < -0.39 is 0 Å². The van der Waals surface area contributed by atoms with E-state index in [1.807, 2.05) is 18.2 Å². The number of amides is 1. The third-order valence-corrected chi connectivity index (χ3v) is 4.28. The molecule has 1 atom stereocenters. The Morgan fingerprint density at radius 3 is 3.00 bits per heavy atom. The first-order valence-electron chi connectivity index (χ1n) is 6.36. The Morgan fingerprint density at radius 2 is 2.22 bits per heavy atom. The predicted molar refractivity (Wildman–Crippen MR) is 74.2 cm³/mol. The average molecular weight is 265 g/mol. The van der Waals surface area contributed by atoms with Crippen molar-refractivity contribution in [2.24, 2.45) is 5.41 Å². The zero-order valence-electron chi connectivity index (χ0n) is 10.7. The quantitative estimate of drug-likeness (QED) is 0.780. The van der Waals surface area contributed by atoms with Crippen molar-refractivity contribution in [1.29, 1.82) is 0 Å². The maximum absolute atomic E-state index is 12.3. The lowest BCUT2D eigenvalue weighted by Crippen LogP contribution is -2.58. The summed E-state index contributed by atoms with van der Waals surface area (Å²) in [5, 5.41) is 3.65. The Morgan fingerprint density at radius 1 is 1.44 bits per heavy atom. The molecular formula is C14H17ClN2O. The van der Waals surface area contributed by atoms with Gasteiger partial charge in [0.15, 0.2) is 0 Å². The molecule has 3 rings (SSSR count). The highest BCUT2D eigenvalue weighted by molar-refractivity contribution is 6.31. The lowest BCUT2D eigenvalue weighted by molar-refractivity contribution is -0.120. The van der Waals surface area contributed by atoms with E-state index in [0.717, 1.165) is 30.8 Å². The Kier molecular flexibility index (Phi) is 2.56. The van der Waals surface area contributed by atoms with E-state index in [9.17, 15) is 4.79 Å². The number of carbonyl (C=O) groups excluding carboxylic acids is 1. The fourth-order valence-electron chi connectivity index (χ4n) is 3.21. The molecule has 1 unspecified atom stereocenters. The van der Waals surface area contributed by atoms with E-state index in [-0.39, 0.29) is 17.4 Å². The van der Waals surface area contributed by atoms with E-state index in [4.69, 9.17) is 11.6 Å². The Bertz CT molecular complexity index is 513. The summed E-state index contributed by atoms with van der Waals surface area (Å²) in [7, 11) is 0. The predicted octanol–water partition coefficient (Wildman–Crippen LogP) is 3.29. The van der Waals surface area contributed by atoms with Gasteiger partial charge in [0.05, 0.1) is 11.4 Å². The smallest absolute Gasteiger partial charge is 0.247 e. The summed E-state index contributed by atoms with van der Waals surface area (Å²) >= 11 is 5.99. The SMILES string of the molecule is CC1(C)CCCN2c3ccc(Cl)cc3NC(=O)C21. The van der Waals surface area contributed by atoms with Crippen molar-refractivity contribution in [3.63, 3.8) is 0 Å². The van der Waals surface area contributed by atoms with Crippen LogP contribution in [0.5, 0.6) is 0 Å². The summed E-state index contributed by atoms with van der Waals surface area (Å²) in [6, 6.07) is 5.65. The van der Waals surface area contributed by atoms with Crippen molar-refractivity contribution in [1.82, 2.24) is 0 Å². The maximum atomic E-state index is 12.3. The highest BCUT2D eigenvalue weighted by atomic mass is 35.5. The molecule has 1 N–H and O–H groups in total. The molecule has 1 aromatic rings. The van der Waals surface area contributed by atoms with Crippen molar-refractivity contribution >= 4 is 28.9 Å². The first-order chi connectivity index (χ1) is 8.49. The fraction of sp³-hybridized carbons (Fsp3) is 0.500. The molecule has 2 heterocycles. The second-order valence-electron chi connectivity index (χ2n) is 5.84. The van der Waals surface area contributed by atoms with Gasteiger partial charge in [-0.15, -0.1) is 0 Å². The minimum Gasteiger partial charge on any atom is -0.357 e. The number of carbonyl (C=O) groups is 1. The van der Waals surface area contributed by atoms with Crippen LogP contribution in [-0.4, -0.2) is 18.5 Å². The van der Waals surface area contributed by atoms with Crippen LogP contribution in [0.1, 0.15) is 26.7 Å². The minimum absolute atomic E-state index is 0.0136. The van der Waals surface area contributed by atoms with Crippen LogP contribution < -0.4 is 10.2 Å². The van der Waals surface area contributed by atoms with Crippen molar-refractivity contribution in [2.75, 3.05) is 16.8 Å². The number of nitrogens with one attached hydrogen (secondary N) is 1. The van der Waals surface area contributed by atoms with Gasteiger partial charge in [-0.2, -0.15) is 0 Å². The molecule has 3 nitrogen and oxygen atoms in total. The van der Waals surface area contributed by atoms with E-state index >= 15 is 0 Å². The van der Waals surface area contributed by atoms with Crippen molar-refractivity contribution in [3.8, 4) is 0 Å². The van der Waals surface area contributed by atoms with Gasteiger partial charge in [0.2, 0.25) is 5.91 Å². The molecule has 1 amide bonds. The highest BCUT2D eigenvalue weighted by Gasteiger charge is 2.45. The number of hydrogen-bond acceptors (Lipinski definition) is 2.